The first-order chi connectivity index (χ1) is 13.1. The van der Waals surface area contributed by atoms with Crippen molar-refractivity contribution in [3.05, 3.63) is 35.9 Å². The van der Waals surface area contributed by atoms with Crippen LogP contribution in [0.15, 0.2) is 30.3 Å². The van der Waals surface area contributed by atoms with E-state index in [0.29, 0.717) is 18.8 Å². The van der Waals surface area contributed by atoms with Crippen molar-refractivity contribution in [2.24, 2.45) is 5.92 Å². The minimum Gasteiger partial charge on any atom is -0.375 e. The van der Waals surface area contributed by atoms with Crippen LogP contribution in [-0.2, 0) is 20.7 Å². The van der Waals surface area contributed by atoms with Gasteiger partial charge in [-0.15, -0.1) is 0 Å². The SMILES string of the molecule is CNC(=O)CC1CCOC2(CCN(C(=O)CCCc3ccccc3)CC2)C1. The third-order valence-corrected chi connectivity index (χ3v) is 6.07. The third-order valence-electron chi connectivity index (χ3n) is 6.07. The molecule has 1 spiro atoms. The fourth-order valence-corrected chi connectivity index (χ4v) is 4.43. The standard InChI is InChI=1S/C22H32N2O3/c1-23-20(25)16-19-10-15-27-22(17-19)11-13-24(14-12-22)21(26)9-5-8-18-6-3-2-4-7-18/h2-4,6-7,19H,5,8-17H2,1H3,(H,23,25). The van der Waals surface area contributed by atoms with Gasteiger partial charge in [-0.25, -0.2) is 0 Å². The number of hydrogen-bond acceptors (Lipinski definition) is 3. The summed E-state index contributed by atoms with van der Waals surface area (Å²) in [6, 6.07) is 10.3. The third kappa shape index (κ3) is 5.55. The molecule has 2 saturated heterocycles. The number of amides is 2. The molecule has 2 aliphatic heterocycles. The zero-order valence-corrected chi connectivity index (χ0v) is 16.4. The number of hydrogen-bond donors (Lipinski definition) is 1. The Balaban J connectivity index is 1.42. The second-order valence-electron chi connectivity index (χ2n) is 7.99. The highest BCUT2D eigenvalue weighted by atomic mass is 16.5. The van der Waals surface area contributed by atoms with Gasteiger partial charge in [0.05, 0.1) is 5.60 Å². The van der Waals surface area contributed by atoms with Gasteiger partial charge in [0.1, 0.15) is 0 Å². The van der Waals surface area contributed by atoms with Crippen LogP contribution in [0.3, 0.4) is 0 Å². The van der Waals surface area contributed by atoms with Crippen LogP contribution in [0.5, 0.6) is 0 Å². The molecule has 0 aliphatic carbocycles. The molecule has 3 rings (SSSR count). The molecule has 0 aromatic heterocycles. The number of carbonyl (C=O) groups is 2. The molecule has 148 valence electrons. The Morgan fingerprint density at radius 3 is 2.67 bits per heavy atom. The first kappa shape index (κ1) is 19.9. The lowest BCUT2D eigenvalue weighted by Crippen LogP contribution is -2.51. The second kappa shape index (κ2) is 9.36. The van der Waals surface area contributed by atoms with Gasteiger partial charge in [-0.1, -0.05) is 30.3 Å². The molecule has 2 heterocycles. The zero-order valence-electron chi connectivity index (χ0n) is 16.4. The van der Waals surface area contributed by atoms with Crippen molar-refractivity contribution < 1.29 is 14.3 Å². The van der Waals surface area contributed by atoms with E-state index in [-0.39, 0.29) is 17.4 Å². The van der Waals surface area contributed by atoms with E-state index in [1.807, 2.05) is 23.1 Å². The highest BCUT2D eigenvalue weighted by molar-refractivity contribution is 5.76. The van der Waals surface area contributed by atoms with E-state index in [4.69, 9.17) is 4.74 Å². The molecule has 0 saturated carbocycles. The summed E-state index contributed by atoms with van der Waals surface area (Å²) in [6.45, 7) is 2.28. The molecule has 2 fully saturated rings. The van der Waals surface area contributed by atoms with Crippen molar-refractivity contribution in [2.75, 3.05) is 26.7 Å². The van der Waals surface area contributed by atoms with Gasteiger partial charge in [0, 0.05) is 39.6 Å². The van der Waals surface area contributed by atoms with Crippen LogP contribution >= 0.6 is 0 Å². The normalized spacial score (nSPS) is 21.8. The summed E-state index contributed by atoms with van der Waals surface area (Å²) in [7, 11) is 1.69. The number of carbonyl (C=O) groups excluding carboxylic acids is 2. The highest BCUT2D eigenvalue weighted by Crippen LogP contribution is 2.38. The number of piperidine rings is 1. The largest absolute Gasteiger partial charge is 0.375 e. The predicted octanol–water partition coefficient (Wildman–Crippen LogP) is 2.93. The quantitative estimate of drug-likeness (QED) is 0.835. The Morgan fingerprint density at radius 1 is 1.22 bits per heavy atom. The van der Waals surface area contributed by atoms with Crippen LogP contribution in [0, 0.1) is 5.92 Å². The molecule has 27 heavy (non-hydrogen) atoms. The van der Waals surface area contributed by atoms with Gasteiger partial charge in [0.15, 0.2) is 0 Å². The van der Waals surface area contributed by atoms with E-state index >= 15 is 0 Å². The fraction of sp³-hybridized carbons (Fsp3) is 0.636. The monoisotopic (exact) mass is 372 g/mol. The van der Waals surface area contributed by atoms with Gasteiger partial charge in [-0.05, 0) is 50.0 Å². The van der Waals surface area contributed by atoms with Gasteiger partial charge in [0.25, 0.3) is 0 Å². The number of nitrogens with zero attached hydrogens (tertiary/aromatic N) is 1. The smallest absolute Gasteiger partial charge is 0.222 e. The molecular formula is C22H32N2O3. The van der Waals surface area contributed by atoms with E-state index < -0.39 is 0 Å². The topological polar surface area (TPSA) is 58.6 Å². The zero-order chi connectivity index (χ0) is 19.1. The maximum atomic E-state index is 12.5. The Hall–Kier alpha value is -1.88. The van der Waals surface area contributed by atoms with Crippen molar-refractivity contribution in [3.63, 3.8) is 0 Å². The van der Waals surface area contributed by atoms with Crippen LogP contribution in [0.1, 0.15) is 50.5 Å². The van der Waals surface area contributed by atoms with Crippen molar-refractivity contribution in [1.82, 2.24) is 10.2 Å². The van der Waals surface area contributed by atoms with Crippen LogP contribution in [0.25, 0.3) is 0 Å². The van der Waals surface area contributed by atoms with Crippen molar-refractivity contribution in [1.29, 1.82) is 0 Å². The average Bonchev–Trinajstić information content (AvgIpc) is 2.69. The fourth-order valence-electron chi connectivity index (χ4n) is 4.43. The van der Waals surface area contributed by atoms with Gasteiger partial charge < -0.3 is 15.0 Å². The maximum Gasteiger partial charge on any atom is 0.222 e. The molecule has 0 bridgehead atoms. The molecule has 1 aromatic rings. The highest BCUT2D eigenvalue weighted by Gasteiger charge is 2.41. The number of likely N-dealkylation sites (tertiary alicyclic amines) is 1. The van der Waals surface area contributed by atoms with Crippen LogP contribution < -0.4 is 5.32 Å². The van der Waals surface area contributed by atoms with Crippen LogP contribution in [0.2, 0.25) is 0 Å². The summed E-state index contributed by atoms with van der Waals surface area (Å²) in [4.78, 5) is 26.2. The molecule has 2 amide bonds. The average molecular weight is 373 g/mol. The van der Waals surface area contributed by atoms with Gasteiger partial charge >= 0.3 is 0 Å². The minimum atomic E-state index is -0.127. The number of nitrogens with one attached hydrogen (secondary N) is 1. The first-order valence-electron chi connectivity index (χ1n) is 10.3. The summed E-state index contributed by atoms with van der Waals surface area (Å²) in [6.07, 6.45) is 6.73. The molecule has 1 atom stereocenters. The van der Waals surface area contributed by atoms with E-state index in [1.54, 1.807) is 7.05 Å². The van der Waals surface area contributed by atoms with Gasteiger partial charge in [-0.2, -0.15) is 0 Å². The Labute approximate surface area is 162 Å². The number of aryl methyl sites for hydroxylation is 1. The maximum absolute atomic E-state index is 12.5. The van der Waals surface area contributed by atoms with Crippen molar-refractivity contribution in [3.8, 4) is 0 Å². The van der Waals surface area contributed by atoms with Crippen molar-refractivity contribution in [2.45, 2.75) is 57.0 Å². The van der Waals surface area contributed by atoms with Crippen molar-refractivity contribution >= 4 is 11.8 Å². The first-order valence-corrected chi connectivity index (χ1v) is 10.3. The summed E-state index contributed by atoms with van der Waals surface area (Å²) >= 11 is 0. The molecule has 1 unspecified atom stereocenters. The lowest BCUT2D eigenvalue weighted by molar-refractivity contribution is -0.148. The summed E-state index contributed by atoms with van der Waals surface area (Å²) in [5, 5.41) is 2.72. The lowest BCUT2D eigenvalue weighted by atomic mass is 9.78. The molecule has 5 heteroatoms. The molecule has 0 radical (unpaired) electrons. The Bertz CT molecular complexity index is 624. The van der Waals surface area contributed by atoms with E-state index in [9.17, 15) is 9.59 Å². The number of ether oxygens (including phenoxy) is 1. The van der Waals surface area contributed by atoms with E-state index in [1.165, 1.54) is 5.56 Å². The molecule has 1 N–H and O–H groups in total. The van der Waals surface area contributed by atoms with E-state index in [0.717, 1.165) is 58.2 Å². The summed E-state index contributed by atoms with van der Waals surface area (Å²) in [5.74, 6) is 0.772. The minimum absolute atomic E-state index is 0.114. The Kier molecular flexibility index (Phi) is 6.89. The molecule has 2 aliphatic rings. The molecular weight excluding hydrogens is 340 g/mol. The summed E-state index contributed by atoms with van der Waals surface area (Å²) < 4.78 is 6.15. The number of benzene rings is 1. The van der Waals surface area contributed by atoms with E-state index in [2.05, 4.69) is 17.4 Å². The summed E-state index contributed by atoms with van der Waals surface area (Å²) in [5.41, 5.74) is 1.17. The molecule has 1 aromatic carbocycles. The molecule has 5 nitrogen and oxygen atoms in total. The van der Waals surface area contributed by atoms with Crippen LogP contribution in [0.4, 0.5) is 0 Å². The Morgan fingerprint density at radius 2 is 1.96 bits per heavy atom. The van der Waals surface area contributed by atoms with Gasteiger partial charge in [-0.3, -0.25) is 9.59 Å². The lowest BCUT2D eigenvalue weighted by Gasteiger charge is -2.46. The van der Waals surface area contributed by atoms with Gasteiger partial charge in [0.2, 0.25) is 11.8 Å². The second-order valence-corrected chi connectivity index (χ2v) is 7.99. The number of rotatable bonds is 6. The van der Waals surface area contributed by atoms with Crippen LogP contribution in [-0.4, -0.2) is 49.1 Å². The predicted molar refractivity (Wildman–Crippen MR) is 105 cm³/mol.